The molecule has 5 nitrogen and oxygen atoms in total. The number of hydrogen-bond acceptors (Lipinski definition) is 3. The second kappa shape index (κ2) is 4.16. The van der Waals surface area contributed by atoms with E-state index < -0.39 is 0 Å². The predicted molar refractivity (Wildman–Crippen MR) is 64.1 cm³/mol. The van der Waals surface area contributed by atoms with Gasteiger partial charge < -0.3 is 9.13 Å². The van der Waals surface area contributed by atoms with Crippen LogP contribution >= 0.6 is 0 Å². The minimum absolute atomic E-state index is 0.0659. The summed E-state index contributed by atoms with van der Waals surface area (Å²) in [4.78, 5) is 10.9. The summed E-state index contributed by atoms with van der Waals surface area (Å²) in [6, 6.07) is 1.96. The quantitative estimate of drug-likeness (QED) is 0.756. The van der Waals surface area contributed by atoms with E-state index in [0.29, 0.717) is 0 Å². The zero-order valence-corrected chi connectivity index (χ0v) is 10.5. The Hall–Kier alpha value is -1.91. The number of nitrogens with zero attached hydrogens (tertiary/aromatic N) is 4. The lowest BCUT2D eigenvalue weighted by molar-refractivity contribution is 0.112. The normalized spacial score (nSPS) is 12.7. The first kappa shape index (κ1) is 11.6. The van der Waals surface area contributed by atoms with Crippen molar-refractivity contribution in [2.45, 2.75) is 26.8 Å². The highest BCUT2D eigenvalue weighted by atomic mass is 16.1. The molecule has 1 atom stereocenters. The van der Waals surface area contributed by atoms with E-state index in [1.165, 1.54) is 0 Å². The van der Waals surface area contributed by atoms with Gasteiger partial charge >= 0.3 is 0 Å². The van der Waals surface area contributed by atoms with Crippen molar-refractivity contribution in [2.75, 3.05) is 0 Å². The molecule has 2 aromatic heterocycles. The van der Waals surface area contributed by atoms with Crippen molar-refractivity contribution >= 4 is 6.29 Å². The van der Waals surface area contributed by atoms with Crippen molar-refractivity contribution in [2.24, 2.45) is 7.05 Å². The molecule has 1 unspecified atom stereocenters. The molecule has 17 heavy (non-hydrogen) atoms. The van der Waals surface area contributed by atoms with Gasteiger partial charge in [0, 0.05) is 24.0 Å². The van der Waals surface area contributed by atoms with Crippen LogP contribution in [0.15, 0.2) is 12.4 Å². The molecule has 0 bridgehead atoms. The average Bonchev–Trinajstić information content (AvgIpc) is 2.82. The van der Waals surface area contributed by atoms with Gasteiger partial charge in [-0.3, -0.25) is 4.79 Å². The fraction of sp³-hybridized carbons (Fsp3) is 0.417. The molecule has 2 aromatic rings. The molecule has 0 radical (unpaired) electrons. The summed E-state index contributed by atoms with van der Waals surface area (Å²) in [6.07, 6.45) is 2.57. The minimum Gasteiger partial charge on any atom is -0.338 e. The summed E-state index contributed by atoms with van der Waals surface area (Å²) in [6.45, 7) is 6.00. The highest BCUT2D eigenvalue weighted by Crippen LogP contribution is 2.23. The van der Waals surface area contributed by atoms with Crippen LogP contribution in [0.25, 0.3) is 0 Å². The Bertz CT molecular complexity index is 553. The summed E-state index contributed by atoms with van der Waals surface area (Å²) >= 11 is 0. The summed E-state index contributed by atoms with van der Waals surface area (Å²) in [5.74, 6) is 0.879. The lowest BCUT2D eigenvalue weighted by Gasteiger charge is -2.17. The minimum atomic E-state index is 0.0659. The second-order valence-corrected chi connectivity index (χ2v) is 4.29. The van der Waals surface area contributed by atoms with Crippen LogP contribution in [0.4, 0.5) is 0 Å². The first-order valence-corrected chi connectivity index (χ1v) is 5.53. The fourth-order valence-corrected chi connectivity index (χ4v) is 2.30. The predicted octanol–water partition coefficient (Wildman–Crippen LogP) is 1.66. The van der Waals surface area contributed by atoms with Crippen molar-refractivity contribution in [3.8, 4) is 0 Å². The van der Waals surface area contributed by atoms with Gasteiger partial charge in [0.1, 0.15) is 6.33 Å². The SMILES string of the molecule is Cc1cc(C=O)c(C)n1C(C)c1nncn1C. The van der Waals surface area contributed by atoms with E-state index in [2.05, 4.69) is 21.7 Å². The van der Waals surface area contributed by atoms with Crippen LogP contribution in [0, 0.1) is 13.8 Å². The highest BCUT2D eigenvalue weighted by Gasteiger charge is 2.18. The topological polar surface area (TPSA) is 52.7 Å². The molecule has 0 aliphatic rings. The van der Waals surface area contributed by atoms with E-state index >= 15 is 0 Å². The van der Waals surface area contributed by atoms with E-state index in [1.807, 2.05) is 31.5 Å². The zero-order valence-electron chi connectivity index (χ0n) is 10.5. The van der Waals surface area contributed by atoms with Crippen LogP contribution < -0.4 is 0 Å². The third-order valence-electron chi connectivity index (χ3n) is 3.16. The van der Waals surface area contributed by atoms with Gasteiger partial charge in [0.25, 0.3) is 0 Å². The molecule has 0 amide bonds. The van der Waals surface area contributed by atoms with Crippen LogP contribution in [0.2, 0.25) is 0 Å². The van der Waals surface area contributed by atoms with E-state index in [4.69, 9.17) is 0 Å². The highest BCUT2D eigenvalue weighted by molar-refractivity contribution is 5.77. The number of hydrogen-bond donors (Lipinski definition) is 0. The van der Waals surface area contributed by atoms with Crippen molar-refractivity contribution in [3.05, 3.63) is 35.2 Å². The molecule has 0 aliphatic carbocycles. The molecule has 0 fully saturated rings. The Morgan fingerprint density at radius 1 is 1.41 bits per heavy atom. The molecule has 0 aliphatic heterocycles. The number of aromatic nitrogens is 4. The number of aldehydes is 1. The summed E-state index contributed by atoms with van der Waals surface area (Å²) < 4.78 is 4.00. The van der Waals surface area contributed by atoms with E-state index in [1.54, 1.807) is 6.33 Å². The lowest BCUT2D eigenvalue weighted by atomic mass is 10.2. The van der Waals surface area contributed by atoms with Crippen LogP contribution in [0.3, 0.4) is 0 Å². The first-order chi connectivity index (χ1) is 8.06. The standard InChI is InChI=1S/C12H16N4O/c1-8-5-11(6-17)9(2)16(8)10(3)12-14-13-7-15(12)4/h5-7,10H,1-4H3. The smallest absolute Gasteiger partial charge is 0.155 e. The van der Waals surface area contributed by atoms with Gasteiger partial charge in [0.05, 0.1) is 6.04 Å². The van der Waals surface area contributed by atoms with E-state index in [-0.39, 0.29) is 6.04 Å². The molecule has 0 saturated carbocycles. The average molecular weight is 232 g/mol. The maximum Gasteiger partial charge on any atom is 0.155 e. The third kappa shape index (κ3) is 1.77. The van der Waals surface area contributed by atoms with Crippen LogP contribution in [0.5, 0.6) is 0 Å². The van der Waals surface area contributed by atoms with Crippen molar-refractivity contribution in [1.29, 1.82) is 0 Å². The molecular formula is C12H16N4O. The van der Waals surface area contributed by atoms with Gasteiger partial charge in [0.2, 0.25) is 0 Å². The van der Waals surface area contributed by atoms with E-state index in [0.717, 1.165) is 29.1 Å². The van der Waals surface area contributed by atoms with Gasteiger partial charge in [-0.2, -0.15) is 0 Å². The Morgan fingerprint density at radius 3 is 2.59 bits per heavy atom. The Morgan fingerprint density at radius 2 is 2.12 bits per heavy atom. The Kier molecular flexibility index (Phi) is 2.83. The number of carbonyl (C=O) groups excluding carboxylic acids is 1. The number of rotatable bonds is 3. The summed E-state index contributed by atoms with van der Waals surface area (Å²) in [7, 11) is 1.92. The Balaban J connectivity index is 2.51. The monoisotopic (exact) mass is 232 g/mol. The van der Waals surface area contributed by atoms with Gasteiger partial charge in [-0.1, -0.05) is 0 Å². The zero-order chi connectivity index (χ0) is 12.6. The molecule has 0 N–H and O–H groups in total. The van der Waals surface area contributed by atoms with Crippen molar-refractivity contribution in [1.82, 2.24) is 19.3 Å². The second-order valence-electron chi connectivity index (χ2n) is 4.29. The molecule has 5 heteroatoms. The van der Waals surface area contributed by atoms with Crippen molar-refractivity contribution < 1.29 is 4.79 Å². The molecule has 0 saturated heterocycles. The van der Waals surface area contributed by atoms with Crippen LogP contribution in [0.1, 0.15) is 40.5 Å². The first-order valence-electron chi connectivity index (χ1n) is 5.53. The molecular weight excluding hydrogens is 216 g/mol. The third-order valence-corrected chi connectivity index (χ3v) is 3.16. The maximum absolute atomic E-state index is 10.9. The molecule has 90 valence electrons. The van der Waals surface area contributed by atoms with E-state index in [9.17, 15) is 4.79 Å². The fourth-order valence-electron chi connectivity index (χ4n) is 2.30. The number of carbonyl (C=O) groups is 1. The van der Waals surface area contributed by atoms with Crippen LogP contribution in [-0.2, 0) is 7.05 Å². The molecule has 0 spiro atoms. The number of aryl methyl sites for hydroxylation is 2. The van der Waals surface area contributed by atoms with Gasteiger partial charge in [-0.05, 0) is 26.8 Å². The lowest BCUT2D eigenvalue weighted by Crippen LogP contribution is -2.14. The molecule has 2 heterocycles. The van der Waals surface area contributed by atoms with Gasteiger partial charge in [-0.15, -0.1) is 10.2 Å². The molecule has 2 rings (SSSR count). The summed E-state index contributed by atoms with van der Waals surface area (Å²) in [5, 5.41) is 8.00. The largest absolute Gasteiger partial charge is 0.338 e. The van der Waals surface area contributed by atoms with Crippen LogP contribution in [-0.4, -0.2) is 25.6 Å². The molecule has 0 aromatic carbocycles. The van der Waals surface area contributed by atoms with Gasteiger partial charge in [-0.25, -0.2) is 0 Å². The summed E-state index contributed by atoms with van der Waals surface area (Å²) in [5.41, 5.74) is 2.75. The Labute approximate surface area is 100 Å². The van der Waals surface area contributed by atoms with Crippen molar-refractivity contribution in [3.63, 3.8) is 0 Å². The van der Waals surface area contributed by atoms with Gasteiger partial charge in [0.15, 0.2) is 12.1 Å². The maximum atomic E-state index is 10.9.